The summed E-state index contributed by atoms with van der Waals surface area (Å²) in [4.78, 5) is 15.9. The van der Waals surface area contributed by atoms with Gasteiger partial charge in [0.25, 0.3) is 0 Å². The lowest BCUT2D eigenvalue weighted by Crippen LogP contribution is -2.08. The number of nitrogens with one attached hydrogen (secondary N) is 1. The molecule has 2 rings (SSSR count). The first-order chi connectivity index (χ1) is 9.52. The SMILES string of the molecule is COC(=O)c1cc(N)cnc1Nc1cccc(Cl)c1C. The van der Waals surface area contributed by atoms with Gasteiger partial charge in [-0.05, 0) is 30.7 Å². The van der Waals surface area contributed by atoms with E-state index < -0.39 is 5.97 Å². The topological polar surface area (TPSA) is 77.2 Å². The molecule has 0 atom stereocenters. The van der Waals surface area contributed by atoms with Crippen molar-refractivity contribution in [1.29, 1.82) is 0 Å². The van der Waals surface area contributed by atoms with E-state index in [9.17, 15) is 4.79 Å². The predicted molar refractivity (Wildman–Crippen MR) is 79.5 cm³/mol. The normalized spacial score (nSPS) is 10.2. The molecule has 0 saturated carbocycles. The number of nitrogen functional groups attached to an aromatic ring is 1. The number of carbonyl (C=O) groups is 1. The van der Waals surface area contributed by atoms with E-state index in [1.54, 1.807) is 6.07 Å². The molecule has 0 aliphatic rings. The Morgan fingerprint density at radius 1 is 1.45 bits per heavy atom. The van der Waals surface area contributed by atoms with Crippen molar-refractivity contribution in [1.82, 2.24) is 4.98 Å². The van der Waals surface area contributed by atoms with Gasteiger partial charge in [-0.25, -0.2) is 9.78 Å². The fourth-order valence-electron chi connectivity index (χ4n) is 1.72. The van der Waals surface area contributed by atoms with Crippen LogP contribution in [0.4, 0.5) is 17.2 Å². The molecule has 5 nitrogen and oxygen atoms in total. The Morgan fingerprint density at radius 3 is 2.90 bits per heavy atom. The second kappa shape index (κ2) is 5.79. The fraction of sp³-hybridized carbons (Fsp3) is 0.143. The molecule has 0 aliphatic carbocycles. The van der Waals surface area contributed by atoms with E-state index in [0.29, 0.717) is 16.5 Å². The lowest BCUT2D eigenvalue weighted by Gasteiger charge is -2.13. The number of rotatable bonds is 3. The number of carbonyl (C=O) groups excluding carboxylic acids is 1. The summed E-state index contributed by atoms with van der Waals surface area (Å²) >= 11 is 6.06. The maximum Gasteiger partial charge on any atom is 0.341 e. The van der Waals surface area contributed by atoms with Crippen LogP contribution in [0, 0.1) is 6.92 Å². The zero-order valence-electron chi connectivity index (χ0n) is 11.1. The van der Waals surface area contributed by atoms with Crippen LogP contribution in [-0.4, -0.2) is 18.1 Å². The van der Waals surface area contributed by atoms with Crippen LogP contribution >= 0.6 is 11.6 Å². The Kier molecular flexibility index (Phi) is 4.10. The smallest absolute Gasteiger partial charge is 0.341 e. The van der Waals surface area contributed by atoms with Crippen LogP contribution in [0.3, 0.4) is 0 Å². The molecule has 1 heterocycles. The van der Waals surface area contributed by atoms with Gasteiger partial charge in [-0.3, -0.25) is 0 Å². The quantitative estimate of drug-likeness (QED) is 0.850. The van der Waals surface area contributed by atoms with Crippen LogP contribution < -0.4 is 11.1 Å². The number of hydrogen-bond acceptors (Lipinski definition) is 5. The molecule has 0 bridgehead atoms. The van der Waals surface area contributed by atoms with E-state index >= 15 is 0 Å². The van der Waals surface area contributed by atoms with Crippen LogP contribution in [0.15, 0.2) is 30.5 Å². The van der Waals surface area contributed by atoms with Crippen LogP contribution in [-0.2, 0) is 4.74 Å². The molecule has 0 amide bonds. The Balaban J connectivity index is 2.43. The van der Waals surface area contributed by atoms with Gasteiger partial charge in [0.1, 0.15) is 11.4 Å². The Labute approximate surface area is 121 Å². The molecule has 0 fully saturated rings. The van der Waals surface area contributed by atoms with E-state index in [0.717, 1.165) is 11.3 Å². The molecule has 2 aromatic rings. The van der Waals surface area contributed by atoms with Gasteiger partial charge in [-0.15, -0.1) is 0 Å². The van der Waals surface area contributed by atoms with E-state index in [1.807, 2.05) is 19.1 Å². The first-order valence-electron chi connectivity index (χ1n) is 5.89. The van der Waals surface area contributed by atoms with Crippen molar-refractivity contribution in [2.75, 3.05) is 18.2 Å². The van der Waals surface area contributed by atoms with Gasteiger partial charge in [-0.2, -0.15) is 0 Å². The number of benzene rings is 1. The highest BCUT2D eigenvalue weighted by atomic mass is 35.5. The number of anilines is 3. The molecule has 3 N–H and O–H groups in total. The number of ether oxygens (including phenoxy) is 1. The minimum Gasteiger partial charge on any atom is -0.465 e. The Hall–Kier alpha value is -2.27. The van der Waals surface area contributed by atoms with Crippen molar-refractivity contribution in [3.63, 3.8) is 0 Å². The average Bonchev–Trinajstić information content (AvgIpc) is 2.44. The number of esters is 1. The van der Waals surface area contributed by atoms with Gasteiger partial charge in [-0.1, -0.05) is 17.7 Å². The molecular weight excluding hydrogens is 278 g/mol. The lowest BCUT2D eigenvalue weighted by molar-refractivity contribution is 0.0601. The number of halogens is 1. The Morgan fingerprint density at radius 2 is 2.20 bits per heavy atom. The molecular formula is C14H14ClN3O2. The molecule has 0 aliphatic heterocycles. The number of hydrogen-bond donors (Lipinski definition) is 2. The van der Waals surface area contributed by atoms with Crippen molar-refractivity contribution >= 4 is 34.8 Å². The molecule has 1 aromatic heterocycles. The molecule has 0 radical (unpaired) electrons. The summed E-state index contributed by atoms with van der Waals surface area (Å²) in [6, 6.07) is 6.97. The standard InChI is InChI=1S/C14H14ClN3O2/c1-8-11(15)4-3-5-12(8)18-13-10(14(19)20-2)6-9(16)7-17-13/h3-7H,16H2,1-2H3,(H,17,18). The fourth-order valence-corrected chi connectivity index (χ4v) is 1.89. The molecule has 0 unspecified atom stereocenters. The van der Waals surface area contributed by atoms with Gasteiger partial charge in [0.05, 0.1) is 19.0 Å². The molecule has 0 saturated heterocycles. The molecule has 1 aromatic carbocycles. The third kappa shape index (κ3) is 2.83. The minimum atomic E-state index is -0.507. The first-order valence-corrected chi connectivity index (χ1v) is 6.26. The second-order valence-corrected chi connectivity index (χ2v) is 4.60. The largest absolute Gasteiger partial charge is 0.465 e. The summed E-state index contributed by atoms with van der Waals surface area (Å²) in [6.45, 7) is 1.87. The van der Waals surface area contributed by atoms with Crippen LogP contribution in [0.5, 0.6) is 0 Å². The van der Waals surface area contributed by atoms with E-state index in [4.69, 9.17) is 22.1 Å². The van der Waals surface area contributed by atoms with Gasteiger partial charge >= 0.3 is 5.97 Å². The molecule has 20 heavy (non-hydrogen) atoms. The third-order valence-electron chi connectivity index (χ3n) is 2.83. The summed E-state index contributed by atoms with van der Waals surface area (Å²) in [5, 5.41) is 3.70. The number of nitrogens with two attached hydrogens (primary N) is 1. The highest BCUT2D eigenvalue weighted by Crippen LogP contribution is 2.27. The van der Waals surface area contributed by atoms with E-state index in [2.05, 4.69) is 10.3 Å². The van der Waals surface area contributed by atoms with Gasteiger partial charge in [0, 0.05) is 10.7 Å². The second-order valence-electron chi connectivity index (χ2n) is 4.19. The first kappa shape index (κ1) is 14.1. The van der Waals surface area contributed by atoms with Crippen molar-refractivity contribution in [3.05, 3.63) is 46.6 Å². The van der Waals surface area contributed by atoms with Crippen molar-refractivity contribution in [3.8, 4) is 0 Å². The van der Waals surface area contributed by atoms with Crippen LogP contribution in [0.2, 0.25) is 5.02 Å². The van der Waals surface area contributed by atoms with E-state index in [-0.39, 0.29) is 5.56 Å². The van der Waals surface area contributed by atoms with Gasteiger partial charge in [0.2, 0.25) is 0 Å². The highest BCUT2D eigenvalue weighted by Gasteiger charge is 2.15. The number of aromatic nitrogens is 1. The van der Waals surface area contributed by atoms with Crippen molar-refractivity contribution in [2.45, 2.75) is 6.92 Å². The maximum absolute atomic E-state index is 11.7. The summed E-state index contributed by atoms with van der Waals surface area (Å²) in [6.07, 6.45) is 1.47. The summed E-state index contributed by atoms with van der Waals surface area (Å²) in [5.74, 6) is -0.136. The predicted octanol–water partition coefficient (Wildman–Crippen LogP) is 3.16. The maximum atomic E-state index is 11.7. The molecule has 104 valence electrons. The highest BCUT2D eigenvalue weighted by molar-refractivity contribution is 6.31. The molecule has 0 spiro atoms. The molecule has 6 heteroatoms. The monoisotopic (exact) mass is 291 g/mol. The number of nitrogens with zero attached hydrogens (tertiary/aromatic N) is 1. The average molecular weight is 292 g/mol. The lowest BCUT2D eigenvalue weighted by atomic mass is 10.2. The van der Waals surface area contributed by atoms with Gasteiger partial charge in [0.15, 0.2) is 0 Å². The van der Waals surface area contributed by atoms with Gasteiger partial charge < -0.3 is 15.8 Å². The zero-order chi connectivity index (χ0) is 14.7. The summed E-state index contributed by atoms with van der Waals surface area (Å²) in [7, 11) is 1.31. The number of methoxy groups -OCH3 is 1. The zero-order valence-corrected chi connectivity index (χ0v) is 11.9. The summed E-state index contributed by atoms with van der Waals surface area (Å²) in [5.41, 5.74) is 7.93. The third-order valence-corrected chi connectivity index (χ3v) is 3.24. The van der Waals surface area contributed by atoms with E-state index in [1.165, 1.54) is 19.4 Å². The van der Waals surface area contributed by atoms with Crippen molar-refractivity contribution < 1.29 is 9.53 Å². The Bertz CT molecular complexity index is 659. The number of pyridine rings is 1. The van der Waals surface area contributed by atoms with Crippen LogP contribution in [0.25, 0.3) is 0 Å². The minimum absolute atomic E-state index is 0.270. The summed E-state index contributed by atoms with van der Waals surface area (Å²) < 4.78 is 4.72. The van der Waals surface area contributed by atoms with Crippen LogP contribution in [0.1, 0.15) is 15.9 Å². The van der Waals surface area contributed by atoms with Crippen molar-refractivity contribution in [2.24, 2.45) is 0 Å².